The number of carboxylic acid groups (broad SMARTS) is 1. The minimum absolute atomic E-state index is 0.0254. The molecule has 2 amide bonds. The summed E-state index contributed by atoms with van der Waals surface area (Å²) in [7, 11) is 0. The molecule has 29 heavy (non-hydrogen) atoms. The van der Waals surface area contributed by atoms with Gasteiger partial charge in [0.15, 0.2) is 0 Å². The van der Waals surface area contributed by atoms with Crippen molar-refractivity contribution in [2.24, 2.45) is 16.7 Å². The number of amides is 2. The fourth-order valence-electron chi connectivity index (χ4n) is 4.89. The third-order valence-corrected chi connectivity index (χ3v) is 5.74. The molecule has 3 heterocycles. The van der Waals surface area contributed by atoms with Crippen molar-refractivity contribution in [2.75, 3.05) is 18.4 Å². The van der Waals surface area contributed by atoms with Gasteiger partial charge in [-0.1, -0.05) is 34.6 Å². The first-order valence-corrected chi connectivity index (χ1v) is 10.0. The van der Waals surface area contributed by atoms with Crippen LogP contribution in [0.25, 0.3) is 0 Å². The van der Waals surface area contributed by atoms with E-state index in [2.05, 4.69) is 36.4 Å². The Hall–Kier alpha value is -2.58. The van der Waals surface area contributed by atoms with E-state index in [-0.39, 0.29) is 29.2 Å². The van der Waals surface area contributed by atoms with Crippen LogP contribution in [0.15, 0.2) is 12.5 Å². The summed E-state index contributed by atoms with van der Waals surface area (Å²) in [5.74, 6) is 0.352. The van der Waals surface area contributed by atoms with Gasteiger partial charge in [-0.3, -0.25) is 14.2 Å². The molecule has 0 bridgehead atoms. The summed E-state index contributed by atoms with van der Waals surface area (Å²) in [4.78, 5) is 42.9. The molecule has 2 unspecified atom stereocenters. The number of nitrogens with one attached hydrogen (secondary N) is 2. The number of nitrogens with zero attached hydrogens (tertiary/aromatic N) is 3. The minimum atomic E-state index is -1.21. The molecule has 3 atom stereocenters. The van der Waals surface area contributed by atoms with Gasteiger partial charge in [0.2, 0.25) is 5.91 Å². The van der Waals surface area contributed by atoms with E-state index in [1.807, 2.05) is 13.8 Å². The standard InChI is InChI=1S/C20H31N5O4/c1-19(2,3)10-20(4,5)15(23-18(28)29)17(27)24-7-6-12(9-24)14-16(26)25-11-21-8-13(25)22-14/h8,11-12,14-15,22-23H,6-7,9-10H2,1-5H3,(H,28,29)/t12?,14?,15-/m0/s1. The molecular weight excluding hydrogens is 374 g/mol. The lowest BCUT2D eigenvalue weighted by molar-refractivity contribution is -0.135. The number of carbonyl (C=O) groups excluding carboxylic acids is 2. The van der Waals surface area contributed by atoms with Crippen LogP contribution in [-0.2, 0) is 4.79 Å². The Morgan fingerprint density at radius 3 is 2.62 bits per heavy atom. The molecule has 3 N–H and O–H groups in total. The highest BCUT2D eigenvalue weighted by Crippen LogP contribution is 2.37. The summed E-state index contributed by atoms with van der Waals surface area (Å²) in [5, 5.41) is 15.0. The van der Waals surface area contributed by atoms with Gasteiger partial charge < -0.3 is 20.6 Å². The lowest BCUT2D eigenvalue weighted by Gasteiger charge is -2.39. The van der Waals surface area contributed by atoms with E-state index >= 15 is 0 Å². The maximum Gasteiger partial charge on any atom is 0.405 e. The highest BCUT2D eigenvalue weighted by Gasteiger charge is 2.45. The summed E-state index contributed by atoms with van der Waals surface area (Å²) >= 11 is 0. The summed E-state index contributed by atoms with van der Waals surface area (Å²) < 4.78 is 1.50. The van der Waals surface area contributed by atoms with Crippen LogP contribution in [0.1, 0.15) is 52.3 Å². The average molecular weight is 405 g/mol. The molecule has 2 aliphatic rings. The lowest BCUT2D eigenvalue weighted by Crippen LogP contribution is -2.55. The molecule has 3 rings (SSSR count). The zero-order valence-corrected chi connectivity index (χ0v) is 17.7. The molecule has 0 aliphatic carbocycles. The lowest BCUT2D eigenvalue weighted by atomic mass is 9.71. The Balaban J connectivity index is 1.71. The molecule has 9 nitrogen and oxygen atoms in total. The first-order valence-electron chi connectivity index (χ1n) is 10.0. The second-order valence-electron chi connectivity index (χ2n) is 10.1. The number of imidazole rings is 1. The predicted octanol–water partition coefficient (Wildman–Crippen LogP) is 2.26. The Bertz CT molecular complexity index is 810. The SMILES string of the molecule is CC(C)(C)CC(C)(C)[C@@H](NC(=O)O)C(=O)N1CCC(C2Nc3cncn3C2=O)C1. The predicted molar refractivity (Wildman–Crippen MR) is 108 cm³/mol. The zero-order valence-electron chi connectivity index (χ0n) is 17.7. The van der Waals surface area contributed by atoms with E-state index in [0.29, 0.717) is 31.7 Å². The quantitative estimate of drug-likeness (QED) is 0.692. The monoisotopic (exact) mass is 405 g/mol. The van der Waals surface area contributed by atoms with Crippen molar-refractivity contribution in [3.63, 3.8) is 0 Å². The van der Waals surface area contributed by atoms with Gasteiger partial charge in [-0.25, -0.2) is 9.78 Å². The van der Waals surface area contributed by atoms with Crippen LogP contribution in [0.3, 0.4) is 0 Å². The maximum absolute atomic E-state index is 13.3. The van der Waals surface area contributed by atoms with Crippen LogP contribution in [0.2, 0.25) is 0 Å². The van der Waals surface area contributed by atoms with Gasteiger partial charge in [0, 0.05) is 19.0 Å². The molecule has 0 spiro atoms. The molecule has 0 radical (unpaired) electrons. The van der Waals surface area contributed by atoms with E-state index in [4.69, 9.17) is 0 Å². The van der Waals surface area contributed by atoms with E-state index in [9.17, 15) is 19.5 Å². The number of hydrogen-bond acceptors (Lipinski definition) is 5. The molecule has 1 aromatic heterocycles. The number of aromatic nitrogens is 2. The highest BCUT2D eigenvalue weighted by atomic mass is 16.4. The Labute approximate surface area is 170 Å². The summed E-state index contributed by atoms with van der Waals surface area (Å²) in [6.45, 7) is 11.0. The minimum Gasteiger partial charge on any atom is -0.465 e. The van der Waals surface area contributed by atoms with E-state index < -0.39 is 17.6 Å². The van der Waals surface area contributed by atoms with Gasteiger partial charge in [-0.15, -0.1) is 0 Å². The highest BCUT2D eigenvalue weighted by molar-refractivity contribution is 5.94. The molecular formula is C20H31N5O4. The van der Waals surface area contributed by atoms with Gasteiger partial charge in [0.25, 0.3) is 5.91 Å². The number of hydrogen-bond donors (Lipinski definition) is 3. The van der Waals surface area contributed by atoms with Crippen LogP contribution in [0.4, 0.5) is 10.6 Å². The van der Waals surface area contributed by atoms with Crippen molar-refractivity contribution in [1.29, 1.82) is 0 Å². The number of carbonyl (C=O) groups is 3. The summed E-state index contributed by atoms with van der Waals surface area (Å²) in [6, 6.07) is -1.23. The molecule has 1 saturated heterocycles. The molecule has 2 aliphatic heterocycles. The number of rotatable bonds is 5. The Morgan fingerprint density at radius 2 is 2.03 bits per heavy atom. The normalized spacial score (nSPS) is 22.9. The molecule has 1 fully saturated rings. The van der Waals surface area contributed by atoms with Crippen molar-refractivity contribution in [3.8, 4) is 0 Å². The van der Waals surface area contributed by atoms with E-state index in [1.54, 1.807) is 11.1 Å². The largest absolute Gasteiger partial charge is 0.465 e. The topological polar surface area (TPSA) is 117 Å². The molecule has 1 aromatic rings. The van der Waals surface area contributed by atoms with Gasteiger partial charge >= 0.3 is 6.09 Å². The first-order chi connectivity index (χ1) is 13.4. The van der Waals surface area contributed by atoms with Crippen LogP contribution < -0.4 is 10.6 Å². The number of fused-ring (bicyclic) bond motifs is 1. The van der Waals surface area contributed by atoms with Crippen LogP contribution >= 0.6 is 0 Å². The van der Waals surface area contributed by atoms with Crippen molar-refractivity contribution >= 4 is 23.7 Å². The summed E-state index contributed by atoms with van der Waals surface area (Å²) in [6.07, 6.45) is 3.26. The maximum atomic E-state index is 13.3. The Morgan fingerprint density at radius 1 is 1.34 bits per heavy atom. The van der Waals surface area contributed by atoms with Crippen molar-refractivity contribution in [3.05, 3.63) is 12.5 Å². The van der Waals surface area contributed by atoms with Gasteiger partial charge in [-0.05, 0) is 23.7 Å². The average Bonchev–Trinajstić information content (AvgIpc) is 3.27. The van der Waals surface area contributed by atoms with Crippen LogP contribution in [0, 0.1) is 16.7 Å². The van der Waals surface area contributed by atoms with Crippen molar-refractivity contribution < 1.29 is 19.5 Å². The van der Waals surface area contributed by atoms with Gasteiger partial charge in [0.1, 0.15) is 24.2 Å². The van der Waals surface area contributed by atoms with Crippen LogP contribution in [-0.4, -0.2) is 62.6 Å². The molecule has 0 aromatic carbocycles. The molecule has 0 saturated carbocycles. The van der Waals surface area contributed by atoms with Gasteiger partial charge in [-0.2, -0.15) is 0 Å². The van der Waals surface area contributed by atoms with Crippen molar-refractivity contribution in [2.45, 2.75) is 59.5 Å². The smallest absolute Gasteiger partial charge is 0.405 e. The second kappa shape index (κ2) is 7.35. The molecule has 9 heteroatoms. The molecule has 160 valence electrons. The van der Waals surface area contributed by atoms with E-state index in [1.165, 1.54) is 10.9 Å². The van der Waals surface area contributed by atoms with Gasteiger partial charge in [0.05, 0.1) is 6.20 Å². The first kappa shape index (κ1) is 21.1. The fourth-order valence-corrected chi connectivity index (χ4v) is 4.89. The van der Waals surface area contributed by atoms with Crippen molar-refractivity contribution in [1.82, 2.24) is 19.8 Å². The zero-order chi connectivity index (χ0) is 21.6. The summed E-state index contributed by atoms with van der Waals surface area (Å²) in [5.41, 5.74) is -0.616. The third-order valence-electron chi connectivity index (χ3n) is 5.74. The number of likely N-dealkylation sites (tertiary alicyclic amines) is 1. The fraction of sp³-hybridized carbons (Fsp3) is 0.700. The second-order valence-corrected chi connectivity index (χ2v) is 10.1. The van der Waals surface area contributed by atoms with E-state index in [0.717, 1.165) is 0 Å². The third kappa shape index (κ3) is 4.38. The van der Waals surface area contributed by atoms with Crippen LogP contribution in [0.5, 0.6) is 0 Å². The Kier molecular flexibility index (Phi) is 5.36. The number of anilines is 1.